The maximum absolute atomic E-state index is 12.0. The summed E-state index contributed by atoms with van der Waals surface area (Å²) in [4.78, 5) is 16.3. The number of thiazole rings is 1. The Morgan fingerprint density at radius 2 is 2.28 bits per heavy atom. The lowest BCUT2D eigenvalue weighted by Crippen LogP contribution is -2.37. The average molecular weight is 267 g/mol. The van der Waals surface area contributed by atoms with Crippen molar-refractivity contribution in [1.82, 2.24) is 10.3 Å². The molecule has 1 aromatic heterocycles. The second-order valence-corrected chi connectivity index (χ2v) is 6.05. The lowest BCUT2D eigenvalue weighted by molar-refractivity contribution is -0.126. The molecule has 18 heavy (non-hydrogen) atoms. The van der Waals surface area contributed by atoms with Crippen LogP contribution in [0.1, 0.15) is 43.5 Å². The Labute approximate surface area is 112 Å². The topological polar surface area (TPSA) is 68.0 Å². The molecule has 0 bridgehead atoms. The largest absolute Gasteiger partial charge is 0.355 e. The van der Waals surface area contributed by atoms with Crippen LogP contribution in [-0.4, -0.2) is 23.5 Å². The molecule has 1 amide bonds. The Balaban J connectivity index is 1.75. The first-order valence-corrected chi connectivity index (χ1v) is 7.47. The van der Waals surface area contributed by atoms with E-state index in [2.05, 4.69) is 17.2 Å². The molecule has 0 radical (unpaired) electrons. The van der Waals surface area contributed by atoms with Crippen LogP contribution in [0.25, 0.3) is 0 Å². The fourth-order valence-corrected chi connectivity index (χ4v) is 3.04. The normalized spacial score (nSPS) is 25.7. The van der Waals surface area contributed by atoms with Gasteiger partial charge in [0.05, 0.1) is 5.01 Å². The van der Waals surface area contributed by atoms with Crippen molar-refractivity contribution < 1.29 is 4.79 Å². The summed E-state index contributed by atoms with van der Waals surface area (Å²) in [7, 11) is 0. The zero-order valence-corrected chi connectivity index (χ0v) is 11.6. The molecule has 1 fully saturated rings. The Bertz CT molecular complexity index is 372. The van der Waals surface area contributed by atoms with Crippen LogP contribution < -0.4 is 11.1 Å². The van der Waals surface area contributed by atoms with Crippen molar-refractivity contribution >= 4 is 17.2 Å². The van der Waals surface area contributed by atoms with Crippen LogP contribution in [0.4, 0.5) is 0 Å². The molecule has 3 N–H and O–H groups in total. The number of nitrogens with two attached hydrogens (primary N) is 1. The summed E-state index contributed by atoms with van der Waals surface area (Å²) in [5.41, 5.74) is 5.84. The van der Waals surface area contributed by atoms with E-state index < -0.39 is 0 Å². The predicted octanol–water partition coefficient (Wildman–Crippen LogP) is 1.88. The standard InChI is InChI=1S/C13H21N3OS/c1-9(13-15-6-7-18-13)8-16-12(17)10-2-4-11(14)5-3-10/h6-7,9-11H,2-5,8,14H2,1H3,(H,16,17). The van der Waals surface area contributed by atoms with Gasteiger partial charge in [-0.25, -0.2) is 4.98 Å². The molecular weight excluding hydrogens is 246 g/mol. The van der Waals surface area contributed by atoms with Gasteiger partial charge in [-0.05, 0) is 25.7 Å². The summed E-state index contributed by atoms with van der Waals surface area (Å²) in [5.74, 6) is 0.637. The molecule has 1 aromatic rings. The molecular formula is C13H21N3OS. The summed E-state index contributed by atoms with van der Waals surface area (Å²) in [6, 6.07) is 0.295. The predicted molar refractivity (Wildman–Crippen MR) is 73.5 cm³/mol. The minimum atomic E-state index is 0.160. The highest BCUT2D eigenvalue weighted by Crippen LogP contribution is 2.23. The first-order chi connectivity index (χ1) is 8.66. The van der Waals surface area contributed by atoms with Gasteiger partial charge in [0.15, 0.2) is 0 Å². The van der Waals surface area contributed by atoms with E-state index in [1.165, 1.54) is 0 Å². The van der Waals surface area contributed by atoms with Crippen molar-refractivity contribution in [3.8, 4) is 0 Å². The van der Waals surface area contributed by atoms with Crippen LogP contribution in [0.5, 0.6) is 0 Å². The van der Waals surface area contributed by atoms with E-state index in [1.54, 1.807) is 17.5 Å². The number of rotatable bonds is 4. The zero-order chi connectivity index (χ0) is 13.0. The van der Waals surface area contributed by atoms with Gasteiger partial charge in [0, 0.05) is 36.0 Å². The fraction of sp³-hybridized carbons (Fsp3) is 0.692. The molecule has 2 rings (SSSR count). The molecule has 1 atom stereocenters. The number of nitrogens with zero attached hydrogens (tertiary/aromatic N) is 1. The minimum Gasteiger partial charge on any atom is -0.355 e. The van der Waals surface area contributed by atoms with Crippen molar-refractivity contribution in [2.45, 2.75) is 44.6 Å². The van der Waals surface area contributed by atoms with Gasteiger partial charge < -0.3 is 11.1 Å². The van der Waals surface area contributed by atoms with E-state index in [0.29, 0.717) is 18.5 Å². The summed E-state index contributed by atoms with van der Waals surface area (Å²) >= 11 is 1.64. The SMILES string of the molecule is CC(CNC(=O)C1CCC(N)CC1)c1nccs1. The highest BCUT2D eigenvalue weighted by Gasteiger charge is 2.24. The molecule has 0 saturated heterocycles. The van der Waals surface area contributed by atoms with Crippen molar-refractivity contribution in [2.75, 3.05) is 6.54 Å². The van der Waals surface area contributed by atoms with Crippen molar-refractivity contribution in [2.24, 2.45) is 11.7 Å². The molecule has 1 unspecified atom stereocenters. The molecule has 100 valence electrons. The highest BCUT2D eigenvalue weighted by molar-refractivity contribution is 7.09. The summed E-state index contributed by atoms with van der Waals surface area (Å²) in [5, 5.41) is 6.09. The second-order valence-electron chi connectivity index (χ2n) is 5.13. The number of nitrogens with one attached hydrogen (secondary N) is 1. The lowest BCUT2D eigenvalue weighted by atomic mass is 9.86. The molecule has 5 heteroatoms. The summed E-state index contributed by atoms with van der Waals surface area (Å²) in [6.07, 6.45) is 5.61. The van der Waals surface area contributed by atoms with E-state index in [1.807, 2.05) is 5.38 Å². The molecule has 0 aromatic carbocycles. The summed E-state index contributed by atoms with van der Waals surface area (Å²) in [6.45, 7) is 2.77. The Hall–Kier alpha value is -0.940. The quantitative estimate of drug-likeness (QED) is 0.875. The van der Waals surface area contributed by atoms with Gasteiger partial charge in [-0.2, -0.15) is 0 Å². The van der Waals surface area contributed by atoms with E-state index in [9.17, 15) is 4.79 Å². The average Bonchev–Trinajstić information content (AvgIpc) is 2.90. The third-order valence-corrected chi connectivity index (χ3v) is 4.61. The van der Waals surface area contributed by atoms with Gasteiger partial charge in [-0.15, -0.1) is 11.3 Å². The maximum Gasteiger partial charge on any atom is 0.223 e. The first kappa shape index (κ1) is 13.5. The van der Waals surface area contributed by atoms with Gasteiger partial charge in [-0.1, -0.05) is 6.92 Å². The smallest absolute Gasteiger partial charge is 0.223 e. The van der Waals surface area contributed by atoms with Crippen LogP contribution in [0.3, 0.4) is 0 Å². The molecule has 1 saturated carbocycles. The minimum absolute atomic E-state index is 0.160. The lowest BCUT2D eigenvalue weighted by Gasteiger charge is -2.25. The number of amides is 1. The third kappa shape index (κ3) is 3.53. The molecule has 0 spiro atoms. The van der Waals surface area contributed by atoms with Gasteiger partial charge in [0.2, 0.25) is 5.91 Å². The maximum atomic E-state index is 12.0. The fourth-order valence-electron chi connectivity index (χ4n) is 2.34. The van der Waals surface area contributed by atoms with Crippen LogP contribution in [-0.2, 0) is 4.79 Å². The Kier molecular flexibility index (Phi) is 4.72. The van der Waals surface area contributed by atoms with Crippen molar-refractivity contribution in [3.05, 3.63) is 16.6 Å². The van der Waals surface area contributed by atoms with E-state index in [4.69, 9.17) is 5.73 Å². The van der Waals surface area contributed by atoms with E-state index in [-0.39, 0.29) is 11.8 Å². The van der Waals surface area contributed by atoms with E-state index in [0.717, 1.165) is 30.7 Å². The monoisotopic (exact) mass is 267 g/mol. The molecule has 0 aliphatic heterocycles. The molecule has 1 aliphatic carbocycles. The van der Waals surface area contributed by atoms with Crippen LogP contribution >= 0.6 is 11.3 Å². The molecule has 1 aliphatic rings. The van der Waals surface area contributed by atoms with Crippen LogP contribution in [0.2, 0.25) is 0 Å². The van der Waals surface area contributed by atoms with Crippen LogP contribution in [0.15, 0.2) is 11.6 Å². The number of carbonyl (C=O) groups excluding carboxylic acids is 1. The zero-order valence-electron chi connectivity index (χ0n) is 10.8. The van der Waals surface area contributed by atoms with Gasteiger partial charge >= 0.3 is 0 Å². The molecule has 1 heterocycles. The highest BCUT2D eigenvalue weighted by atomic mass is 32.1. The van der Waals surface area contributed by atoms with E-state index >= 15 is 0 Å². The third-order valence-electron chi connectivity index (χ3n) is 3.60. The second kappa shape index (κ2) is 6.29. The summed E-state index contributed by atoms with van der Waals surface area (Å²) < 4.78 is 0. The number of hydrogen-bond acceptors (Lipinski definition) is 4. The van der Waals surface area contributed by atoms with Crippen molar-refractivity contribution in [1.29, 1.82) is 0 Å². The van der Waals surface area contributed by atoms with Crippen LogP contribution in [0, 0.1) is 5.92 Å². The number of hydrogen-bond donors (Lipinski definition) is 2. The Morgan fingerprint density at radius 3 is 2.89 bits per heavy atom. The number of aromatic nitrogens is 1. The molecule has 4 nitrogen and oxygen atoms in total. The van der Waals surface area contributed by atoms with Gasteiger partial charge in [0.1, 0.15) is 0 Å². The van der Waals surface area contributed by atoms with Gasteiger partial charge in [0.25, 0.3) is 0 Å². The van der Waals surface area contributed by atoms with Crippen molar-refractivity contribution in [3.63, 3.8) is 0 Å². The first-order valence-electron chi connectivity index (χ1n) is 6.59. The van der Waals surface area contributed by atoms with Gasteiger partial charge in [-0.3, -0.25) is 4.79 Å². The number of carbonyl (C=O) groups is 1. The Morgan fingerprint density at radius 1 is 1.56 bits per heavy atom.